The van der Waals surface area contributed by atoms with Crippen molar-refractivity contribution >= 4 is 40.0 Å². The Kier molecular flexibility index (Phi) is 8.61. The Hall–Kier alpha value is -5.64. The van der Waals surface area contributed by atoms with Crippen molar-refractivity contribution in [3.63, 3.8) is 0 Å². The van der Waals surface area contributed by atoms with E-state index >= 15 is 0 Å². The number of amides is 2. The zero-order valence-corrected chi connectivity index (χ0v) is 24.8. The van der Waals surface area contributed by atoms with Crippen molar-refractivity contribution in [1.82, 2.24) is 9.97 Å². The highest BCUT2D eigenvalue weighted by Gasteiger charge is 2.24. The predicted molar refractivity (Wildman–Crippen MR) is 171 cm³/mol. The summed E-state index contributed by atoms with van der Waals surface area (Å²) in [4.78, 5) is 33.9. The highest BCUT2D eigenvalue weighted by atomic mass is 16.5. The fourth-order valence-electron chi connectivity index (χ4n) is 4.66. The van der Waals surface area contributed by atoms with E-state index in [1.54, 1.807) is 42.7 Å². The molecule has 0 bridgehead atoms. The number of hydrogen-bond acceptors (Lipinski definition) is 7. The van der Waals surface area contributed by atoms with Crippen LogP contribution in [0.5, 0.6) is 17.2 Å². The molecule has 0 radical (unpaired) electrons. The van der Waals surface area contributed by atoms with Crippen LogP contribution in [-0.2, 0) is 12.0 Å². The molecule has 0 unspecified atom stereocenters. The van der Waals surface area contributed by atoms with Crippen LogP contribution in [0.25, 0.3) is 10.8 Å². The van der Waals surface area contributed by atoms with Crippen molar-refractivity contribution in [2.45, 2.75) is 32.7 Å². The van der Waals surface area contributed by atoms with Gasteiger partial charge in [0.1, 0.15) is 22.9 Å². The zero-order valence-electron chi connectivity index (χ0n) is 24.8. The molecule has 0 saturated carbocycles. The van der Waals surface area contributed by atoms with Gasteiger partial charge in [0.25, 0.3) is 0 Å². The number of methoxy groups -OCH3 is 1. The van der Waals surface area contributed by atoms with Crippen molar-refractivity contribution in [2.75, 3.05) is 23.1 Å². The molecule has 4 N–H and O–H groups in total. The van der Waals surface area contributed by atoms with Crippen LogP contribution in [0.4, 0.5) is 22.0 Å². The maximum Gasteiger partial charge on any atom is 0.339 e. The van der Waals surface area contributed by atoms with E-state index in [-0.39, 0.29) is 22.4 Å². The minimum atomic E-state index is -1.15. The summed E-state index contributed by atoms with van der Waals surface area (Å²) in [6.07, 6.45) is 3.41. The van der Waals surface area contributed by atoms with Crippen LogP contribution < -0.4 is 25.4 Å². The molecule has 0 saturated heterocycles. The van der Waals surface area contributed by atoms with E-state index in [9.17, 15) is 14.7 Å². The molecule has 0 aliphatic heterocycles. The van der Waals surface area contributed by atoms with Gasteiger partial charge in [-0.3, -0.25) is 4.98 Å². The van der Waals surface area contributed by atoms with Crippen LogP contribution in [0.3, 0.4) is 0 Å². The van der Waals surface area contributed by atoms with Gasteiger partial charge in [-0.1, -0.05) is 51.1 Å². The first kappa shape index (κ1) is 29.8. The minimum absolute atomic E-state index is 0.0339. The number of carboxylic acid groups (broad SMARTS) is 1. The molecule has 0 atom stereocenters. The molecule has 10 heteroatoms. The lowest BCUT2D eigenvalue weighted by atomic mass is 9.85. The summed E-state index contributed by atoms with van der Waals surface area (Å²) in [5, 5.41) is 20.3. The second-order valence-electron chi connectivity index (χ2n) is 11.0. The number of hydrogen-bond donors (Lipinski definition) is 4. The molecular weight excluding hydrogens is 558 g/mol. The molecule has 5 aromatic rings. The summed E-state index contributed by atoms with van der Waals surface area (Å²) < 4.78 is 11.6. The van der Waals surface area contributed by atoms with Crippen LogP contribution in [0.1, 0.15) is 42.4 Å². The Morgan fingerprint density at radius 2 is 1.59 bits per heavy atom. The molecule has 3 aromatic carbocycles. The van der Waals surface area contributed by atoms with Crippen molar-refractivity contribution in [3.8, 4) is 17.2 Å². The van der Waals surface area contributed by atoms with E-state index < -0.39 is 12.0 Å². The molecule has 2 amide bonds. The van der Waals surface area contributed by atoms with Gasteiger partial charge < -0.3 is 30.5 Å². The largest absolute Gasteiger partial charge is 0.494 e. The number of aromatic nitrogens is 2. The fraction of sp³-hybridized carbons (Fsp3) is 0.176. The number of rotatable bonds is 9. The number of benzene rings is 3. The van der Waals surface area contributed by atoms with Gasteiger partial charge in [0.15, 0.2) is 5.75 Å². The molecule has 0 aliphatic carbocycles. The number of pyridine rings is 2. The van der Waals surface area contributed by atoms with Crippen molar-refractivity contribution in [1.29, 1.82) is 0 Å². The lowest BCUT2D eigenvalue weighted by Crippen LogP contribution is -2.22. The van der Waals surface area contributed by atoms with E-state index in [2.05, 4.69) is 25.9 Å². The van der Waals surface area contributed by atoms with Crippen LogP contribution in [0.2, 0.25) is 0 Å². The Balaban J connectivity index is 1.37. The van der Waals surface area contributed by atoms with Crippen molar-refractivity contribution in [2.24, 2.45) is 0 Å². The van der Waals surface area contributed by atoms with Gasteiger partial charge in [-0.15, -0.1) is 0 Å². The van der Waals surface area contributed by atoms with E-state index in [4.69, 9.17) is 9.47 Å². The summed E-state index contributed by atoms with van der Waals surface area (Å²) in [6, 6.07) is 23.1. The minimum Gasteiger partial charge on any atom is -0.494 e. The molecule has 0 fully saturated rings. The number of carbonyl (C=O) groups excluding carboxylic acids is 1. The second-order valence-corrected chi connectivity index (χ2v) is 11.0. The first-order chi connectivity index (χ1) is 21.1. The third-order valence-corrected chi connectivity index (χ3v) is 6.91. The predicted octanol–water partition coefficient (Wildman–Crippen LogP) is 7.68. The van der Waals surface area contributed by atoms with E-state index in [0.717, 1.165) is 22.0 Å². The topological polar surface area (TPSA) is 135 Å². The lowest BCUT2D eigenvalue weighted by Gasteiger charge is -2.23. The maximum absolute atomic E-state index is 13.2. The molecule has 224 valence electrons. The quantitative estimate of drug-likeness (QED) is 0.137. The van der Waals surface area contributed by atoms with E-state index in [1.807, 2.05) is 69.3 Å². The van der Waals surface area contributed by atoms with Crippen molar-refractivity contribution in [3.05, 3.63) is 108 Å². The average Bonchev–Trinajstić information content (AvgIpc) is 3.01. The molecule has 44 heavy (non-hydrogen) atoms. The summed E-state index contributed by atoms with van der Waals surface area (Å²) in [7, 11) is 1.37. The van der Waals surface area contributed by atoms with Gasteiger partial charge in [0, 0.05) is 29.2 Å². The number of nitrogens with zero attached hydrogens (tertiary/aromatic N) is 2. The molecular formula is C34H33N5O5. The molecule has 5 rings (SSSR count). The normalized spacial score (nSPS) is 11.1. The van der Waals surface area contributed by atoms with Crippen molar-refractivity contribution < 1.29 is 24.2 Å². The van der Waals surface area contributed by atoms with Gasteiger partial charge in [0.2, 0.25) is 0 Å². The summed E-state index contributed by atoms with van der Waals surface area (Å²) in [5.74, 6) is 0.750. The van der Waals surface area contributed by atoms with E-state index in [1.165, 1.54) is 7.11 Å². The standard InChI is InChI=1S/C34H33N5O5/c1-34(2,3)21-17-26(32(40)41)31(43-4)28(18-21)39-33(42)38-27-12-13-29(25-11-6-5-10-24(25)27)44-23-14-16-36-30(19-23)37-20-22-9-7-8-15-35-22/h5-19H,20H2,1-4H3,(H,36,37)(H,40,41)(H2,38,39,42). The highest BCUT2D eigenvalue weighted by Crippen LogP contribution is 2.37. The summed E-state index contributed by atoms with van der Waals surface area (Å²) >= 11 is 0. The maximum atomic E-state index is 13.2. The summed E-state index contributed by atoms with van der Waals surface area (Å²) in [6.45, 7) is 6.41. The summed E-state index contributed by atoms with van der Waals surface area (Å²) in [5.41, 5.74) is 2.03. The van der Waals surface area contributed by atoms with Gasteiger partial charge in [-0.25, -0.2) is 14.6 Å². The number of ether oxygens (including phenoxy) is 2. The SMILES string of the molecule is COc1c(NC(=O)Nc2ccc(Oc3ccnc(NCc4ccccn4)c3)c3ccccc23)cc(C(C)(C)C)cc1C(=O)O. The molecule has 10 nitrogen and oxygen atoms in total. The van der Waals surface area contributed by atoms with Crippen LogP contribution >= 0.6 is 0 Å². The molecule has 2 heterocycles. The molecule has 2 aromatic heterocycles. The smallest absolute Gasteiger partial charge is 0.339 e. The van der Waals surface area contributed by atoms with Crippen LogP contribution in [-0.4, -0.2) is 34.2 Å². The Labute approximate surface area is 255 Å². The van der Waals surface area contributed by atoms with Gasteiger partial charge >= 0.3 is 12.0 Å². The Bertz CT molecular complexity index is 1820. The number of urea groups is 1. The van der Waals surface area contributed by atoms with Gasteiger partial charge in [-0.2, -0.15) is 0 Å². The monoisotopic (exact) mass is 591 g/mol. The average molecular weight is 592 g/mol. The molecule has 0 spiro atoms. The fourth-order valence-corrected chi connectivity index (χ4v) is 4.66. The second kappa shape index (κ2) is 12.7. The lowest BCUT2D eigenvalue weighted by molar-refractivity contribution is 0.0693. The number of nitrogens with one attached hydrogen (secondary N) is 3. The third kappa shape index (κ3) is 6.87. The molecule has 0 aliphatic rings. The first-order valence-electron chi connectivity index (χ1n) is 14.0. The number of carbonyl (C=O) groups is 2. The number of anilines is 3. The van der Waals surface area contributed by atoms with Gasteiger partial charge in [0.05, 0.1) is 30.7 Å². The highest BCUT2D eigenvalue weighted by molar-refractivity contribution is 6.08. The Morgan fingerprint density at radius 3 is 2.30 bits per heavy atom. The third-order valence-electron chi connectivity index (χ3n) is 6.91. The van der Waals surface area contributed by atoms with Crippen LogP contribution in [0.15, 0.2) is 91.3 Å². The van der Waals surface area contributed by atoms with E-state index in [0.29, 0.717) is 29.5 Å². The number of carboxylic acids is 1. The number of fused-ring (bicyclic) bond motifs is 1. The number of aromatic carboxylic acids is 1. The Morgan fingerprint density at radius 1 is 0.841 bits per heavy atom. The van der Waals surface area contributed by atoms with Crippen LogP contribution in [0, 0.1) is 0 Å². The first-order valence-corrected chi connectivity index (χ1v) is 14.0. The van der Waals surface area contributed by atoms with Gasteiger partial charge in [-0.05, 0) is 53.4 Å². The zero-order chi connectivity index (χ0) is 31.3.